The lowest BCUT2D eigenvalue weighted by Gasteiger charge is -2.21. The highest BCUT2D eigenvalue weighted by Gasteiger charge is 2.24. The molecule has 0 saturated heterocycles. The minimum Gasteiger partial charge on any atom is -0.393 e. The Balaban J connectivity index is 3.86. The van der Waals surface area contributed by atoms with Gasteiger partial charge in [-0.15, -0.1) is 0 Å². The Labute approximate surface area is 77.3 Å². The van der Waals surface area contributed by atoms with Crippen LogP contribution in [0.15, 0.2) is 0 Å². The van der Waals surface area contributed by atoms with E-state index in [0.717, 1.165) is 19.6 Å². The molecule has 0 aliphatic carbocycles. The van der Waals surface area contributed by atoms with Crippen LogP contribution in [0.2, 0.25) is 0 Å². The van der Waals surface area contributed by atoms with Gasteiger partial charge in [0.15, 0.2) is 0 Å². The van der Waals surface area contributed by atoms with E-state index in [9.17, 15) is 0 Å². The largest absolute Gasteiger partial charge is 0.403 e. The standard InChI is InChI=1S/C8H20NO2Si/c1-5-8(9-4)12(10-6-2)11-7-3/h8-9H,5-7H2,1-4H3. The molecule has 0 spiro atoms. The molecule has 0 aromatic rings. The summed E-state index contributed by atoms with van der Waals surface area (Å²) in [6.45, 7) is 7.64. The molecule has 0 amide bonds. The molecule has 0 aromatic heterocycles. The average molecular weight is 190 g/mol. The lowest BCUT2D eigenvalue weighted by molar-refractivity contribution is 0.200. The minimum atomic E-state index is -1.10. The van der Waals surface area contributed by atoms with Gasteiger partial charge in [-0.25, -0.2) is 0 Å². The van der Waals surface area contributed by atoms with Crippen molar-refractivity contribution in [2.45, 2.75) is 32.9 Å². The van der Waals surface area contributed by atoms with Crippen molar-refractivity contribution < 1.29 is 8.85 Å². The van der Waals surface area contributed by atoms with Gasteiger partial charge < -0.3 is 14.2 Å². The summed E-state index contributed by atoms with van der Waals surface area (Å²) in [4.78, 5) is 0. The van der Waals surface area contributed by atoms with Crippen molar-refractivity contribution in [1.82, 2.24) is 5.32 Å². The summed E-state index contributed by atoms with van der Waals surface area (Å²) in [5.41, 5.74) is 0.398. The second kappa shape index (κ2) is 7.73. The van der Waals surface area contributed by atoms with Gasteiger partial charge >= 0.3 is 9.28 Å². The van der Waals surface area contributed by atoms with E-state index in [1.165, 1.54) is 0 Å². The second-order valence-electron chi connectivity index (χ2n) is 2.43. The van der Waals surface area contributed by atoms with Crippen LogP contribution in [0.25, 0.3) is 0 Å². The van der Waals surface area contributed by atoms with Crippen LogP contribution < -0.4 is 5.32 Å². The lowest BCUT2D eigenvalue weighted by Crippen LogP contribution is -2.45. The van der Waals surface area contributed by atoms with E-state index in [2.05, 4.69) is 12.2 Å². The van der Waals surface area contributed by atoms with Crippen molar-refractivity contribution in [3.63, 3.8) is 0 Å². The van der Waals surface area contributed by atoms with Crippen LogP contribution in [-0.4, -0.2) is 35.2 Å². The monoisotopic (exact) mass is 190 g/mol. The van der Waals surface area contributed by atoms with Gasteiger partial charge in [0.05, 0.1) is 5.67 Å². The smallest absolute Gasteiger partial charge is 0.393 e. The quantitative estimate of drug-likeness (QED) is 0.610. The first-order chi connectivity index (χ1) is 5.79. The van der Waals surface area contributed by atoms with E-state index in [1.54, 1.807) is 0 Å². The highest BCUT2D eigenvalue weighted by Crippen LogP contribution is 2.00. The third kappa shape index (κ3) is 4.20. The number of rotatable bonds is 7. The first-order valence-corrected chi connectivity index (χ1v) is 5.99. The molecule has 0 saturated carbocycles. The molecule has 12 heavy (non-hydrogen) atoms. The zero-order valence-corrected chi connectivity index (χ0v) is 9.52. The molecule has 0 bridgehead atoms. The molecule has 0 aliphatic heterocycles. The molecule has 1 unspecified atom stereocenters. The molecule has 0 aliphatic rings. The van der Waals surface area contributed by atoms with Crippen molar-refractivity contribution in [2.24, 2.45) is 0 Å². The summed E-state index contributed by atoms with van der Waals surface area (Å²) in [6, 6.07) is 0. The number of hydrogen-bond acceptors (Lipinski definition) is 3. The molecule has 0 rings (SSSR count). The van der Waals surface area contributed by atoms with Crippen LogP contribution in [0.1, 0.15) is 27.2 Å². The van der Waals surface area contributed by atoms with Gasteiger partial charge in [-0.1, -0.05) is 6.92 Å². The summed E-state index contributed by atoms with van der Waals surface area (Å²) in [7, 11) is 0.857. The van der Waals surface area contributed by atoms with E-state index in [1.807, 2.05) is 20.9 Å². The predicted octanol–water partition coefficient (Wildman–Crippen LogP) is 1.08. The van der Waals surface area contributed by atoms with Crippen molar-refractivity contribution >= 4 is 9.28 Å². The maximum Gasteiger partial charge on any atom is 0.403 e. The topological polar surface area (TPSA) is 30.5 Å². The van der Waals surface area contributed by atoms with Crippen LogP contribution in [0.4, 0.5) is 0 Å². The van der Waals surface area contributed by atoms with Crippen LogP contribution in [0.5, 0.6) is 0 Å². The van der Waals surface area contributed by atoms with Gasteiger partial charge in [0, 0.05) is 13.2 Å². The van der Waals surface area contributed by atoms with Gasteiger partial charge in [-0.2, -0.15) is 0 Å². The molecule has 1 N–H and O–H groups in total. The Morgan fingerprint density at radius 2 is 1.67 bits per heavy atom. The Bertz CT molecular complexity index is 93.1. The minimum absolute atomic E-state index is 0.398. The highest BCUT2D eigenvalue weighted by molar-refractivity contribution is 6.46. The molecule has 1 atom stereocenters. The van der Waals surface area contributed by atoms with Gasteiger partial charge in [-0.3, -0.25) is 0 Å². The maximum atomic E-state index is 5.54. The first-order valence-electron chi connectivity index (χ1n) is 4.59. The van der Waals surface area contributed by atoms with Crippen LogP contribution in [0, 0.1) is 0 Å². The second-order valence-corrected chi connectivity index (χ2v) is 4.35. The van der Waals surface area contributed by atoms with Gasteiger partial charge in [-0.05, 0) is 27.3 Å². The molecule has 4 heteroatoms. The lowest BCUT2D eigenvalue weighted by atomic mass is 10.5. The highest BCUT2D eigenvalue weighted by atomic mass is 28.3. The van der Waals surface area contributed by atoms with Crippen LogP contribution >= 0.6 is 0 Å². The zero-order chi connectivity index (χ0) is 9.40. The van der Waals surface area contributed by atoms with Gasteiger partial charge in [0.2, 0.25) is 0 Å². The Morgan fingerprint density at radius 3 is 1.92 bits per heavy atom. The van der Waals surface area contributed by atoms with Crippen molar-refractivity contribution in [1.29, 1.82) is 0 Å². The third-order valence-electron chi connectivity index (χ3n) is 1.61. The summed E-state index contributed by atoms with van der Waals surface area (Å²) in [6.07, 6.45) is 1.06. The van der Waals surface area contributed by atoms with Crippen LogP contribution in [-0.2, 0) is 8.85 Å². The fourth-order valence-corrected chi connectivity index (χ4v) is 2.64. The molecule has 3 nitrogen and oxygen atoms in total. The number of nitrogens with one attached hydrogen (secondary N) is 1. The fraction of sp³-hybridized carbons (Fsp3) is 1.00. The molecular weight excluding hydrogens is 170 g/mol. The predicted molar refractivity (Wildman–Crippen MR) is 52.1 cm³/mol. The fourth-order valence-electron chi connectivity index (χ4n) is 1.02. The van der Waals surface area contributed by atoms with E-state index in [4.69, 9.17) is 8.85 Å². The summed E-state index contributed by atoms with van der Waals surface area (Å²) < 4.78 is 11.1. The summed E-state index contributed by atoms with van der Waals surface area (Å²) >= 11 is 0. The molecule has 0 fully saturated rings. The van der Waals surface area contributed by atoms with Crippen LogP contribution in [0.3, 0.4) is 0 Å². The molecule has 73 valence electrons. The Kier molecular flexibility index (Phi) is 7.79. The van der Waals surface area contributed by atoms with Crippen molar-refractivity contribution in [3.8, 4) is 0 Å². The van der Waals surface area contributed by atoms with E-state index in [0.29, 0.717) is 5.67 Å². The van der Waals surface area contributed by atoms with E-state index in [-0.39, 0.29) is 0 Å². The molecule has 0 heterocycles. The van der Waals surface area contributed by atoms with E-state index < -0.39 is 9.28 Å². The van der Waals surface area contributed by atoms with Gasteiger partial charge in [0.25, 0.3) is 0 Å². The SMILES string of the molecule is CCO[Si](OCC)C(CC)NC. The molecule has 1 radical (unpaired) electrons. The van der Waals surface area contributed by atoms with E-state index >= 15 is 0 Å². The third-order valence-corrected chi connectivity index (χ3v) is 4.03. The molecule has 0 aromatic carbocycles. The van der Waals surface area contributed by atoms with Crippen molar-refractivity contribution in [3.05, 3.63) is 0 Å². The van der Waals surface area contributed by atoms with Crippen molar-refractivity contribution in [2.75, 3.05) is 20.3 Å². The Morgan fingerprint density at radius 1 is 1.17 bits per heavy atom. The molecular formula is C8H20NO2Si. The zero-order valence-electron chi connectivity index (χ0n) is 8.52. The van der Waals surface area contributed by atoms with Gasteiger partial charge in [0.1, 0.15) is 0 Å². The summed E-state index contributed by atoms with van der Waals surface area (Å²) in [5.74, 6) is 0. The first kappa shape index (κ1) is 12.1. The Hall–Kier alpha value is 0.0969. The summed E-state index contributed by atoms with van der Waals surface area (Å²) in [5, 5.41) is 3.22. The average Bonchev–Trinajstić information content (AvgIpc) is 2.07. The normalized spacial score (nSPS) is 13.8. The number of hydrogen-bond donors (Lipinski definition) is 1. The maximum absolute atomic E-state index is 5.54.